The van der Waals surface area contributed by atoms with Crippen LogP contribution in [0.25, 0.3) is 0 Å². The second-order valence-corrected chi connectivity index (χ2v) is 4.73. The largest absolute Gasteiger partial charge is 0.373 e. The van der Waals surface area contributed by atoms with Gasteiger partial charge in [0.1, 0.15) is 16.8 Å². The van der Waals surface area contributed by atoms with Crippen molar-refractivity contribution >= 4 is 12.2 Å². The molecule has 1 aliphatic heterocycles. The molecule has 1 aromatic rings. The maximum atomic E-state index is 9.27. The first-order chi connectivity index (χ1) is 8.69. The zero-order valence-electron chi connectivity index (χ0n) is 10.1. The Morgan fingerprint density at radius 3 is 2.56 bits per heavy atom. The zero-order chi connectivity index (χ0) is 13.1. The number of pyridine rings is 1. The van der Waals surface area contributed by atoms with Crippen molar-refractivity contribution in [2.45, 2.75) is 32.3 Å². The second-order valence-electron chi connectivity index (χ2n) is 4.32. The molecule has 18 heavy (non-hydrogen) atoms. The van der Waals surface area contributed by atoms with E-state index in [0.717, 1.165) is 19.3 Å². The Morgan fingerprint density at radius 1 is 1.28 bits per heavy atom. The molecule has 0 aromatic carbocycles. The van der Waals surface area contributed by atoms with Crippen LogP contribution in [0, 0.1) is 34.2 Å². The minimum Gasteiger partial charge on any atom is -0.373 e. The lowest BCUT2D eigenvalue weighted by atomic mass is 9.93. The van der Waals surface area contributed by atoms with Crippen LogP contribution in [0.2, 0.25) is 0 Å². The van der Waals surface area contributed by atoms with Crippen LogP contribution < -0.4 is 0 Å². The predicted octanol–water partition coefficient (Wildman–Crippen LogP) is 3.04. The lowest BCUT2D eigenvalue weighted by Gasteiger charge is -2.25. The van der Waals surface area contributed by atoms with Gasteiger partial charge in [0, 0.05) is 17.9 Å². The number of H-pyrrole nitrogens is 1. The molecule has 1 atom stereocenters. The first-order valence-electron chi connectivity index (χ1n) is 5.87. The van der Waals surface area contributed by atoms with Gasteiger partial charge in [0.15, 0.2) is 0 Å². The molecule has 0 bridgehead atoms. The first kappa shape index (κ1) is 12.8. The van der Waals surface area contributed by atoms with Crippen molar-refractivity contribution in [3.05, 3.63) is 27.0 Å². The van der Waals surface area contributed by atoms with Crippen molar-refractivity contribution in [3.8, 4) is 12.1 Å². The lowest BCUT2D eigenvalue weighted by molar-refractivity contribution is 0.0145. The number of nitrogens with zero attached hydrogens (tertiary/aromatic N) is 2. The highest BCUT2D eigenvalue weighted by atomic mass is 32.1. The number of ether oxygens (including phenoxy) is 1. The van der Waals surface area contributed by atoms with Gasteiger partial charge < -0.3 is 9.72 Å². The van der Waals surface area contributed by atoms with Crippen LogP contribution >= 0.6 is 12.2 Å². The summed E-state index contributed by atoms with van der Waals surface area (Å²) >= 11 is 5.16. The number of nitrogens with one attached hydrogen (secondary N) is 1. The van der Waals surface area contributed by atoms with Gasteiger partial charge in [0.2, 0.25) is 0 Å². The van der Waals surface area contributed by atoms with E-state index in [1.54, 1.807) is 6.92 Å². The highest BCUT2D eigenvalue weighted by Crippen LogP contribution is 2.33. The first-order valence-corrected chi connectivity index (χ1v) is 6.28. The second kappa shape index (κ2) is 5.30. The molecule has 92 valence electrons. The normalized spacial score (nSPS) is 18.9. The predicted molar refractivity (Wildman–Crippen MR) is 68.3 cm³/mol. The summed E-state index contributed by atoms with van der Waals surface area (Å²) in [5.41, 5.74) is 2.23. The van der Waals surface area contributed by atoms with Gasteiger partial charge in [-0.2, -0.15) is 10.5 Å². The maximum absolute atomic E-state index is 9.27. The van der Waals surface area contributed by atoms with E-state index in [1.807, 2.05) is 0 Å². The highest BCUT2D eigenvalue weighted by molar-refractivity contribution is 7.71. The third-order valence-corrected chi connectivity index (χ3v) is 3.47. The number of rotatable bonds is 1. The molecule has 4 nitrogen and oxygen atoms in total. The lowest BCUT2D eigenvalue weighted by Crippen LogP contribution is -2.15. The van der Waals surface area contributed by atoms with Crippen LogP contribution in [0.4, 0.5) is 0 Å². The fourth-order valence-electron chi connectivity index (χ4n) is 2.29. The Hall–Kier alpha value is -1.69. The van der Waals surface area contributed by atoms with Crippen molar-refractivity contribution < 1.29 is 4.74 Å². The molecule has 0 radical (unpaired) electrons. The van der Waals surface area contributed by atoms with E-state index in [1.165, 1.54) is 0 Å². The Kier molecular flexibility index (Phi) is 3.76. The third-order valence-electron chi connectivity index (χ3n) is 3.17. The van der Waals surface area contributed by atoms with E-state index in [4.69, 9.17) is 17.0 Å². The van der Waals surface area contributed by atoms with E-state index < -0.39 is 0 Å². The Morgan fingerprint density at radius 2 is 2.00 bits per heavy atom. The summed E-state index contributed by atoms with van der Waals surface area (Å²) in [7, 11) is 0. The number of hydrogen-bond donors (Lipinski definition) is 1. The number of aromatic nitrogens is 1. The minimum atomic E-state index is -0.182. The molecule has 1 fully saturated rings. The van der Waals surface area contributed by atoms with Crippen molar-refractivity contribution in [2.24, 2.45) is 0 Å². The van der Waals surface area contributed by atoms with Gasteiger partial charge in [-0.25, -0.2) is 0 Å². The fraction of sp³-hybridized carbons (Fsp3) is 0.462. The van der Waals surface area contributed by atoms with Gasteiger partial charge in [-0.1, -0.05) is 12.2 Å². The van der Waals surface area contributed by atoms with E-state index in [-0.39, 0.29) is 6.10 Å². The van der Waals surface area contributed by atoms with Crippen molar-refractivity contribution in [3.63, 3.8) is 0 Å². The summed E-state index contributed by atoms with van der Waals surface area (Å²) in [6, 6.07) is 4.25. The molecule has 2 rings (SSSR count). The molecule has 1 aliphatic rings. The van der Waals surface area contributed by atoms with Gasteiger partial charge in [-0.15, -0.1) is 0 Å². The minimum absolute atomic E-state index is 0.182. The number of aromatic amines is 1. The van der Waals surface area contributed by atoms with Crippen LogP contribution in [-0.2, 0) is 4.74 Å². The van der Waals surface area contributed by atoms with Crippen LogP contribution in [-0.4, -0.2) is 11.6 Å². The molecule has 2 heterocycles. The molecule has 0 aliphatic carbocycles. The Balaban J connectivity index is 2.66. The summed E-state index contributed by atoms with van der Waals surface area (Å²) in [5.74, 6) is 0. The molecule has 1 N–H and O–H groups in total. The zero-order valence-corrected chi connectivity index (χ0v) is 10.9. The van der Waals surface area contributed by atoms with Gasteiger partial charge in [0.05, 0.1) is 17.2 Å². The molecule has 0 amide bonds. The van der Waals surface area contributed by atoms with Crippen molar-refractivity contribution in [2.75, 3.05) is 6.61 Å². The summed E-state index contributed by atoms with van der Waals surface area (Å²) < 4.78 is 6.08. The number of nitriles is 2. The molecule has 5 heteroatoms. The highest BCUT2D eigenvalue weighted by Gasteiger charge is 2.25. The maximum Gasteiger partial charge on any atom is 0.121 e. The summed E-state index contributed by atoms with van der Waals surface area (Å²) in [6.07, 6.45) is 2.73. The van der Waals surface area contributed by atoms with Gasteiger partial charge >= 0.3 is 0 Å². The molecular formula is C13H13N3OS. The third kappa shape index (κ3) is 2.15. The van der Waals surface area contributed by atoms with Crippen LogP contribution in [0.5, 0.6) is 0 Å². The molecule has 1 saturated heterocycles. The molecule has 1 aromatic heterocycles. The molecule has 1 unspecified atom stereocenters. The average Bonchev–Trinajstić information content (AvgIpc) is 2.39. The molecular weight excluding hydrogens is 246 g/mol. The van der Waals surface area contributed by atoms with Crippen molar-refractivity contribution in [1.82, 2.24) is 4.98 Å². The molecule has 0 saturated carbocycles. The standard InChI is InChI=1S/C13H13N3OS/c1-8-9(6-14)12(10(7-15)13(18)16-8)11-4-2-3-5-17-11/h11H,2-5H2,1H3,(H,16,18). The van der Waals surface area contributed by atoms with Crippen LogP contribution in [0.3, 0.4) is 0 Å². The SMILES string of the molecule is Cc1[nH]c(=S)c(C#N)c(C2CCCCO2)c1C#N. The number of aryl methyl sites for hydroxylation is 1. The Bertz CT molecular complexity index is 600. The fourth-order valence-corrected chi connectivity index (χ4v) is 2.60. The van der Waals surface area contributed by atoms with Gasteiger partial charge in [0.25, 0.3) is 0 Å². The van der Waals surface area contributed by atoms with Gasteiger partial charge in [-0.3, -0.25) is 0 Å². The van der Waals surface area contributed by atoms with E-state index in [2.05, 4.69) is 17.1 Å². The Labute approximate surface area is 111 Å². The van der Waals surface area contributed by atoms with E-state index in [0.29, 0.717) is 33.6 Å². The van der Waals surface area contributed by atoms with Crippen LogP contribution in [0.15, 0.2) is 0 Å². The van der Waals surface area contributed by atoms with Crippen LogP contribution in [0.1, 0.15) is 47.8 Å². The monoisotopic (exact) mass is 259 g/mol. The topological polar surface area (TPSA) is 72.6 Å². The smallest absolute Gasteiger partial charge is 0.121 e. The quantitative estimate of drug-likeness (QED) is 0.787. The average molecular weight is 259 g/mol. The molecule has 0 spiro atoms. The van der Waals surface area contributed by atoms with E-state index in [9.17, 15) is 10.5 Å². The number of hydrogen-bond acceptors (Lipinski definition) is 4. The summed E-state index contributed by atoms with van der Waals surface area (Å²) in [4.78, 5) is 2.90. The summed E-state index contributed by atoms with van der Waals surface area (Å²) in [5, 5.41) is 18.5. The summed E-state index contributed by atoms with van der Waals surface area (Å²) in [6.45, 7) is 2.46. The van der Waals surface area contributed by atoms with E-state index >= 15 is 0 Å². The van der Waals surface area contributed by atoms with Crippen molar-refractivity contribution in [1.29, 1.82) is 10.5 Å². The van der Waals surface area contributed by atoms with Gasteiger partial charge in [-0.05, 0) is 26.2 Å².